The lowest BCUT2D eigenvalue weighted by Crippen LogP contribution is -2.09. The van der Waals surface area contributed by atoms with Gasteiger partial charge in [0.05, 0.1) is 0 Å². The van der Waals surface area contributed by atoms with Crippen LogP contribution >= 0.6 is 0 Å². The Morgan fingerprint density at radius 1 is 1.46 bits per heavy atom. The number of phenols is 1. The van der Waals surface area contributed by atoms with Crippen molar-refractivity contribution in [3.63, 3.8) is 0 Å². The van der Waals surface area contributed by atoms with Gasteiger partial charge in [0.2, 0.25) is 0 Å². The SMILES string of the molecule is C=C(C)C[C@H](N)c1ccc(O)cc1. The van der Waals surface area contributed by atoms with E-state index in [0.29, 0.717) is 0 Å². The van der Waals surface area contributed by atoms with Gasteiger partial charge in [-0.15, -0.1) is 6.58 Å². The van der Waals surface area contributed by atoms with E-state index in [-0.39, 0.29) is 11.8 Å². The molecule has 0 aliphatic heterocycles. The van der Waals surface area contributed by atoms with Gasteiger partial charge in [-0.2, -0.15) is 0 Å². The fraction of sp³-hybridized carbons (Fsp3) is 0.273. The minimum atomic E-state index is -0.0156. The molecule has 3 N–H and O–H groups in total. The lowest BCUT2D eigenvalue weighted by molar-refractivity contribution is 0.475. The third kappa shape index (κ3) is 2.92. The van der Waals surface area contributed by atoms with Gasteiger partial charge in [0.1, 0.15) is 5.75 Å². The molecule has 0 saturated carbocycles. The number of nitrogens with two attached hydrogens (primary N) is 1. The summed E-state index contributed by atoms with van der Waals surface area (Å²) in [5.74, 6) is 0.270. The van der Waals surface area contributed by atoms with Crippen LogP contribution in [0.2, 0.25) is 0 Å². The number of phenolic OH excluding ortho intramolecular Hbond substituents is 1. The molecule has 0 fully saturated rings. The first-order valence-electron chi connectivity index (χ1n) is 4.28. The van der Waals surface area contributed by atoms with Crippen molar-refractivity contribution in [2.24, 2.45) is 5.73 Å². The second-order valence-electron chi connectivity index (χ2n) is 3.36. The molecule has 0 radical (unpaired) electrons. The molecule has 1 rings (SSSR count). The molecule has 0 heterocycles. The Labute approximate surface area is 78.7 Å². The fourth-order valence-electron chi connectivity index (χ4n) is 1.21. The lowest BCUT2D eigenvalue weighted by atomic mass is 10.0. The predicted octanol–water partition coefficient (Wildman–Crippen LogP) is 2.36. The third-order valence-corrected chi connectivity index (χ3v) is 1.89. The van der Waals surface area contributed by atoms with Gasteiger partial charge in [0.15, 0.2) is 0 Å². The summed E-state index contributed by atoms with van der Waals surface area (Å²) in [4.78, 5) is 0. The third-order valence-electron chi connectivity index (χ3n) is 1.89. The van der Waals surface area contributed by atoms with E-state index in [4.69, 9.17) is 10.8 Å². The minimum absolute atomic E-state index is 0.0156. The monoisotopic (exact) mass is 177 g/mol. The number of hydrogen-bond acceptors (Lipinski definition) is 2. The highest BCUT2D eigenvalue weighted by Gasteiger charge is 2.05. The average Bonchev–Trinajstić information content (AvgIpc) is 2.04. The molecule has 0 amide bonds. The van der Waals surface area contributed by atoms with Gasteiger partial charge < -0.3 is 10.8 Å². The maximum Gasteiger partial charge on any atom is 0.115 e. The van der Waals surface area contributed by atoms with E-state index in [1.165, 1.54) is 0 Å². The Balaban J connectivity index is 2.71. The van der Waals surface area contributed by atoms with Crippen LogP contribution in [0, 0.1) is 0 Å². The molecular weight excluding hydrogens is 162 g/mol. The zero-order chi connectivity index (χ0) is 9.84. The second kappa shape index (κ2) is 4.10. The van der Waals surface area contributed by atoms with Crippen LogP contribution in [0.5, 0.6) is 5.75 Å². The quantitative estimate of drug-likeness (QED) is 0.696. The molecule has 0 aromatic heterocycles. The Morgan fingerprint density at radius 3 is 2.46 bits per heavy atom. The maximum absolute atomic E-state index is 9.06. The van der Waals surface area contributed by atoms with Crippen LogP contribution in [0.4, 0.5) is 0 Å². The Bertz CT molecular complexity index is 289. The molecule has 70 valence electrons. The molecule has 0 unspecified atom stereocenters. The normalized spacial score (nSPS) is 12.5. The van der Waals surface area contributed by atoms with E-state index in [1.54, 1.807) is 12.1 Å². The summed E-state index contributed by atoms with van der Waals surface area (Å²) in [6.45, 7) is 5.77. The summed E-state index contributed by atoms with van der Waals surface area (Å²) in [5.41, 5.74) is 8.00. The Morgan fingerprint density at radius 2 is 2.00 bits per heavy atom. The Kier molecular flexibility index (Phi) is 3.09. The van der Waals surface area contributed by atoms with Gasteiger partial charge in [-0.05, 0) is 31.0 Å². The molecule has 1 atom stereocenters. The molecule has 0 bridgehead atoms. The summed E-state index contributed by atoms with van der Waals surface area (Å²) >= 11 is 0. The van der Waals surface area contributed by atoms with Crippen molar-refractivity contribution in [2.45, 2.75) is 19.4 Å². The van der Waals surface area contributed by atoms with Crippen LogP contribution < -0.4 is 5.73 Å². The van der Waals surface area contributed by atoms with Crippen LogP contribution in [0.3, 0.4) is 0 Å². The summed E-state index contributed by atoms with van der Waals surface area (Å²) in [6.07, 6.45) is 0.783. The molecule has 0 aliphatic carbocycles. The van der Waals surface area contributed by atoms with E-state index in [1.807, 2.05) is 19.1 Å². The fourth-order valence-corrected chi connectivity index (χ4v) is 1.21. The summed E-state index contributed by atoms with van der Waals surface area (Å²) < 4.78 is 0. The van der Waals surface area contributed by atoms with Crippen LogP contribution in [0.25, 0.3) is 0 Å². The molecule has 1 aromatic rings. The van der Waals surface area contributed by atoms with E-state index in [2.05, 4.69) is 6.58 Å². The van der Waals surface area contributed by atoms with Crippen molar-refractivity contribution >= 4 is 0 Å². The van der Waals surface area contributed by atoms with Crippen LogP contribution in [-0.2, 0) is 0 Å². The summed E-state index contributed by atoms with van der Waals surface area (Å²) in [6, 6.07) is 6.95. The smallest absolute Gasteiger partial charge is 0.115 e. The highest BCUT2D eigenvalue weighted by atomic mass is 16.3. The van der Waals surface area contributed by atoms with E-state index >= 15 is 0 Å². The Hall–Kier alpha value is -1.28. The minimum Gasteiger partial charge on any atom is -0.508 e. The van der Waals surface area contributed by atoms with Crippen molar-refractivity contribution in [3.8, 4) is 5.75 Å². The van der Waals surface area contributed by atoms with Crippen molar-refractivity contribution in [3.05, 3.63) is 42.0 Å². The van der Waals surface area contributed by atoms with E-state index in [9.17, 15) is 0 Å². The zero-order valence-corrected chi connectivity index (χ0v) is 7.83. The number of aromatic hydroxyl groups is 1. The molecule has 0 saturated heterocycles. The molecule has 0 spiro atoms. The predicted molar refractivity (Wildman–Crippen MR) is 54.5 cm³/mol. The van der Waals surface area contributed by atoms with Gasteiger partial charge in [0.25, 0.3) is 0 Å². The topological polar surface area (TPSA) is 46.2 Å². The standard InChI is InChI=1S/C11H15NO/c1-8(2)7-11(12)9-3-5-10(13)6-4-9/h3-6,11,13H,1,7,12H2,2H3/t11-/m0/s1. The number of hydrogen-bond donors (Lipinski definition) is 2. The van der Waals surface area contributed by atoms with Crippen LogP contribution in [0.15, 0.2) is 36.4 Å². The average molecular weight is 177 g/mol. The molecule has 0 aliphatic rings. The van der Waals surface area contributed by atoms with Crippen molar-refractivity contribution < 1.29 is 5.11 Å². The summed E-state index contributed by atoms with van der Waals surface area (Å²) in [7, 11) is 0. The first-order chi connectivity index (χ1) is 6.09. The molecule has 1 aromatic carbocycles. The van der Waals surface area contributed by atoms with Crippen molar-refractivity contribution in [1.29, 1.82) is 0 Å². The maximum atomic E-state index is 9.06. The molecule has 2 heteroatoms. The second-order valence-corrected chi connectivity index (χ2v) is 3.36. The van der Waals surface area contributed by atoms with Gasteiger partial charge in [-0.1, -0.05) is 17.7 Å². The highest BCUT2D eigenvalue weighted by molar-refractivity contribution is 5.28. The lowest BCUT2D eigenvalue weighted by Gasteiger charge is -2.11. The first kappa shape index (κ1) is 9.81. The highest BCUT2D eigenvalue weighted by Crippen LogP contribution is 2.19. The van der Waals surface area contributed by atoms with Crippen LogP contribution in [-0.4, -0.2) is 5.11 Å². The molecule has 2 nitrogen and oxygen atoms in total. The van der Waals surface area contributed by atoms with Crippen molar-refractivity contribution in [1.82, 2.24) is 0 Å². The zero-order valence-electron chi connectivity index (χ0n) is 7.83. The van der Waals surface area contributed by atoms with E-state index < -0.39 is 0 Å². The van der Waals surface area contributed by atoms with Crippen LogP contribution in [0.1, 0.15) is 24.9 Å². The van der Waals surface area contributed by atoms with Gasteiger partial charge in [-0.25, -0.2) is 0 Å². The first-order valence-corrected chi connectivity index (χ1v) is 4.28. The van der Waals surface area contributed by atoms with Gasteiger partial charge in [-0.3, -0.25) is 0 Å². The largest absolute Gasteiger partial charge is 0.508 e. The number of benzene rings is 1. The molecule has 13 heavy (non-hydrogen) atoms. The van der Waals surface area contributed by atoms with E-state index in [0.717, 1.165) is 17.6 Å². The number of rotatable bonds is 3. The van der Waals surface area contributed by atoms with Gasteiger partial charge in [0, 0.05) is 6.04 Å². The van der Waals surface area contributed by atoms with Gasteiger partial charge >= 0.3 is 0 Å². The van der Waals surface area contributed by atoms with Crippen molar-refractivity contribution in [2.75, 3.05) is 0 Å². The summed E-state index contributed by atoms with van der Waals surface area (Å²) in [5, 5.41) is 9.06. The molecular formula is C11H15NO.